The van der Waals surface area contributed by atoms with Crippen LogP contribution in [0.25, 0.3) is 21.8 Å². The van der Waals surface area contributed by atoms with Crippen molar-refractivity contribution in [3.05, 3.63) is 89.7 Å². The second-order valence-corrected chi connectivity index (χ2v) is 5.78. The normalized spacial score (nSPS) is 8.39. The van der Waals surface area contributed by atoms with E-state index in [1.54, 1.807) is 40.8 Å². The molecular formula is C20H12BBrCuIN4. The zero-order valence-corrected chi connectivity index (χ0v) is 19.0. The second kappa shape index (κ2) is 15.0. The van der Waals surface area contributed by atoms with Crippen molar-refractivity contribution in [3.8, 4) is 6.07 Å². The number of pyridine rings is 2. The number of nitriles is 1. The predicted octanol–water partition coefficient (Wildman–Crippen LogP) is 5.70. The van der Waals surface area contributed by atoms with Crippen LogP contribution in [-0.4, -0.2) is 15.7 Å². The fourth-order valence-corrected chi connectivity index (χ4v) is 2.57. The SMILES string of the molecule is Brc1ccc2ncccc2c1.N#Cc1ccc2ncccc2c1.[B]I.[C-]#N.[Cu+]. The van der Waals surface area contributed by atoms with Gasteiger partial charge in [-0.05, 0) is 48.5 Å². The van der Waals surface area contributed by atoms with Gasteiger partial charge in [-0.1, -0.05) is 28.1 Å². The molecule has 0 aliphatic rings. The third-order valence-corrected chi connectivity index (χ3v) is 3.79. The first-order chi connectivity index (χ1) is 13.3. The van der Waals surface area contributed by atoms with Crippen LogP contribution in [0.15, 0.2) is 77.5 Å². The summed E-state index contributed by atoms with van der Waals surface area (Å²) in [6.07, 6.45) is 3.55. The van der Waals surface area contributed by atoms with Crippen molar-refractivity contribution in [1.29, 1.82) is 10.5 Å². The third-order valence-electron chi connectivity index (χ3n) is 3.30. The molecule has 4 aromatic rings. The van der Waals surface area contributed by atoms with Crippen molar-refractivity contribution >= 4 is 65.8 Å². The summed E-state index contributed by atoms with van der Waals surface area (Å²) < 4.78 is 1.10. The molecule has 2 radical (unpaired) electrons. The molecule has 0 saturated carbocycles. The summed E-state index contributed by atoms with van der Waals surface area (Å²) in [6.45, 7) is 4.75. The van der Waals surface area contributed by atoms with Gasteiger partial charge in [0.1, 0.15) is 0 Å². The molecule has 2 aromatic heterocycles. The van der Waals surface area contributed by atoms with Crippen LogP contribution in [0.2, 0.25) is 0 Å². The quantitative estimate of drug-likeness (QED) is 0.150. The van der Waals surface area contributed by atoms with Gasteiger partial charge in [0, 0.05) is 27.6 Å². The second-order valence-electron chi connectivity index (χ2n) is 4.86. The van der Waals surface area contributed by atoms with Gasteiger partial charge < -0.3 is 11.8 Å². The largest absolute Gasteiger partial charge is 1.00 e. The summed E-state index contributed by atoms with van der Waals surface area (Å²) in [5.74, 6) is 0. The molecular weight excluding hydrogens is 577 g/mol. The molecule has 0 aliphatic carbocycles. The Balaban J connectivity index is 0.000000431. The van der Waals surface area contributed by atoms with E-state index >= 15 is 0 Å². The molecule has 0 amide bonds. The van der Waals surface area contributed by atoms with Crippen LogP contribution in [0.4, 0.5) is 0 Å². The summed E-state index contributed by atoms with van der Waals surface area (Å²) in [6, 6.07) is 21.4. The van der Waals surface area contributed by atoms with Gasteiger partial charge in [0.25, 0.3) is 0 Å². The molecule has 0 N–H and O–H groups in total. The van der Waals surface area contributed by atoms with Crippen LogP contribution in [0, 0.1) is 23.2 Å². The average molecular weight is 590 g/mol. The first kappa shape index (κ1) is 26.0. The Morgan fingerprint density at radius 1 is 0.857 bits per heavy atom. The van der Waals surface area contributed by atoms with E-state index in [9.17, 15) is 0 Å². The topological polar surface area (TPSA) is 73.4 Å². The fourth-order valence-electron chi connectivity index (χ4n) is 2.19. The molecule has 0 saturated heterocycles. The first-order valence-electron chi connectivity index (χ1n) is 7.45. The number of rotatable bonds is 0. The van der Waals surface area contributed by atoms with Crippen molar-refractivity contribution in [2.75, 3.05) is 0 Å². The Hall–Kier alpha value is -1.97. The van der Waals surface area contributed by atoms with Crippen molar-refractivity contribution in [3.63, 3.8) is 0 Å². The van der Waals surface area contributed by atoms with E-state index in [2.05, 4.69) is 43.7 Å². The number of hydrogen-bond donors (Lipinski definition) is 0. The van der Waals surface area contributed by atoms with E-state index in [1.807, 2.05) is 48.5 Å². The Bertz CT molecular complexity index is 1070. The summed E-state index contributed by atoms with van der Waals surface area (Å²) in [5.41, 5.74) is 7.11. The molecule has 2 aromatic carbocycles. The zero-order valence-electron chi connectivity index (χ0n) is 14.4. The summed E-state index contributed by atoms with van der Waals surface area (Å²) in [7, 11) is 0. The number of nitrogens with zero attached hydrogens (tertiary/aromatic N) is 4. The van der Waals surface area contributed by atoms with Crippen LogP contribution in [0.5, 0.6) is 0 Å². The maximum atomic E-state index is 8.63. The summed E-state index contributed by atoms with van der Waals surface area (Å²) >= 11 is 5.05. The van der Waals surface area contributed by atoms with Gasteiger partial charge in [0.15, 0.2) is 5.70 Å². The number of benzene rings is 2. The van der Waals surface area contributed by atoms with Crippen LogP contribution in [0.1, 0.15) is 5.56 Å². The van der Waals surface area contributed by atoms with E-state index in [0.29, 0.717) is 5.56 Å². The molecule has 0 bridgehead atoms. The van der Waals surface area contributed by atoms with E-state index in [0.717, 1.165) is 20.9 Å². The molecule has 140 valence electrons. The monoisotopic (exact) mass is 588 g/mol. The van der Waals surface area contributed by atoms with Crippen molar-refractivity contribution in [2.24, 2.45) is 0 Å². The Labute approximate surface area is 197 Å². The molecule has 4 nitrogen and oxygen atoms in total. The van der Waals surface area contributed by atoms with Crippen molar-refractivity contribution in [1.82, 2.24) is 9.97 Å². The van der Waals surface area contributed by atoms with Gasteiger partial charge in [-0.3, -0.25) is 9.97 Å². The molecule has 0 fully saturated rings. The smallest absolute Gasteiger partial charge is 0.512 e. The van der Waals surface area contributed by atoms with Gasteiger partial charge in [0.2, 0.25) is 0 Å². The Morgan fingerprint density at radius 3 is 1.89 bits per heavy atom. The van der Waals surface area contributed by atoms with Crippen LogP contribution >= 0.6 is 38.3 Å². The fraction of sp³-hybridized carbons (Fsp3) is 0. The van der Waals surface area contributed by atoms with E-state index in [4.69, 9.17) is 17.1 Å². The molecule has 0 aliphatic heterocycles. The molecule has 8 heteroatoms. The molecule has 0 atom stereocenters. The minimum absolute atomic E-state index is 0. The van der Waals surface area contributed by atoms with Gasteiger partial charge in [-0.15, -0.1) is 0 Å². The van der Waals surface area contributed by atoms with Gasteiger partial charge >= 0.3 is 17.1 Å². The summed E-state index contributed by atoms with van der Waals surface area (Å²) in [4.78, 5) is 8.35. The summed E-state index contributed by atoms with van der Waals surface area (Å²) in [5, 5.41) is 17.1. The molecule has 4 rings (SSSR count). The van der Waals surface area contributed by atoms with Gasteiger partial charge in [-0.2, -0.15) is 27.6 Å². The number of fused-ring (bicyclic) bond motifs is 2. The first-order valence-corrected chi connectivity index (χ1v) is 9.49. The molecule has 0 spiro atoms. The van der Waals surface area contributed by atoms with E-state index < -0.39 is 0 Å². The third kappa shape index (κ3) is 7.96. The maximum Gasteiger partial charge on any atom is 1.00 e. The zero-order chi connectivity index (χ0) is 20.1. The molecule has 0 unspecified atom stereocenters. The molecule has 2 heterocycles. The van der Waals surface area contributed by atoms with Crippen molar-refractivity contribution < 1.29 is 17.1 Å². The van der Waals surface area contributed by atoms with E-state index in [1.165, 1.54) is 5.39 Å². The average Bonchev–Trinajstić information content (AvgIpc) is 2.76. The van der Waals surface area contributed by atoms with Crippen LogP contribution in [0.3, 0.4) is 0 Å². The van der Waals surface area contributed by atoms with Crippen LogP contribution < -0.4 is 0 Å². The van der Waals surface area contributed by atoms with Crippen LogP contribution in [-0.2, 0) is 17.1 Å². The molecule has 28 heavy (non-hydrogen) atoms. The number of aromatic nitrogens is 2. The minimum Gasteiger partial charge on any atom is -0.512 e. The van der Waals surface area contributed by atoms with Crippen molar-refractivity contribution in [2.45, 2.75) is 0 Å². The standard InChI is InChI=1S/C10H6N2.C9H6BrN.CN.BI.Cu/c11-7-8-3-4-10-9(6-8)2-1-5-12-10;10-8-3-4-9-7(6-8)2-1-5-11-9;2*1-2;/h1-6H;1-6H;;;/q;;-1;;+1. The predicted molar refractivity (Wildman–Crippen MR) is 121 cm³/mol. The number of halogens is 2. The minimum atomic E-state index is 0. The van der Waals surface area contributed by atoms with Gasteiger partial charge in [-0.25, -0.2) is 0 Å². The van der Waals surface area contributed by atoms with E-state index in [-0.39, 0.29) is 17.1 Å². The van der Waals surface area contributed by atoms with Gasteiger partial charge in [0.05, 0.1) is 22.7 Å². The maximum absolute atomic E-state index is 8.63. The number of hydrogen-bond acceptors (Lipinski definition) is 4. The Morgan fingerprint density at radius 2 is 1.36 bits per heavy atom. The Kier molecular flexibility index (Phi) is 14.0.